The molecular formula is C11H16BrN3O2. The second-order valence-electron chi connectivity index (χ2n) is 3.99. The number of ether oxygens (including phenoxy) is 1. The number of rotatable bonds is 4. The molecule has 0 spiro atoms. The molecule has 1 aromatic heterocycles. The van der Waals surface area contributed by atoms with Crippen molar-refractivity contribution in [1.29, 1.82) is 0 Å². The first kappa shape index (κ1) is 13.8. The lowest BCUT2D eigenvalue weighted by Crippen LogP contribution is -2.35. The molecule has 6 heteroatoms. The molecule has 5 nitrogen and oxygen atoms in total. The molecule has 17 heavy (non-hydrogen) atoms. The van der Waals surface area contributed by atoms with Crippen LogP contribution in [-0.2, 0) is 9.53 Å². The van der Waals surface area contributed by atoms with Gasteiger partial charge in [-0.3, -0.25) is 0 Å². The topological polar surface area (TPSA) is 77.2 Å². The molecule has 0 amide bonds. The third kappa shape index (κ3) is 3.59. The van der Waals surface area contributed by atoms with Gasteiger partial charge in [-0.2, -0.15) is 0 Å². The van der Waals surface area contributed by atoms with Crippen molar-refractivity contribution in [3.05, 3.63) is 16.7 Å². The minimum Gasteiger partial charge on any atom is -0.467 e. The van der Waals surface area contributed by atoms with E-state index in [1.807, 2.05) is 13.8 Å². The van der Waals surface area contributed by atoms with Gasteiger partial charge in [0.15, 0.2) is 0 Å². The highest BCUT2D eigenvalue weighted by molar-refractivity contribution is 9.10. The number of nitrogens with two attached hydrogens (primary N) is 1. The van der Waals surface area contributed by atoms with E-state index in [1.165, 1.54) is 13.3 Å². The number of pyridine rings is 1. The monoisotopic (exact) mass is 301 g/mol. The lowest BCUT2D eigenvalue weighted by Gasteiger charge is -2.20. The molecule has 1 atom stereocenters. The minimum absolute atomic E-state index is 0.0914. The van der Waals surface area contributed by atoms with Gasteiger partial charge in [0.1, 0.15) is 11.9 Å². The van der Waals surface area contributed by atoms with Crippen LogP contribution < -0.4 is 11.1 Å². The zero-order valence-electron chi connectivity index (χ0n) is 10.0. The molecule has 0 saturated heterocycles. The molecule has 0 aliphatic carbocycles. The van der Waals surface area contributed by atoms with Gasteiger partial charge in [-0.15, -0.1) is 0 Å². The summed E-state index contributed by atoms with van der Waals surface area (Å²) in [5.74, 6) is 0.350. The first-order chi connectivity index (χ1) is 7.95. The van der Waals surface area contributed by atoms with Crippen molar-refractivity contribution in [2.75, 3.05) is 18.2 Å². The van der Waals surface area contributed by atoms with Crippen LogP contribution in [0.1, 0.15) is 13.8 Å². The van der Waals surface area contributed by atoms with Gasteiger partial charge >= 0.3 is 5.97 Å². The average molecular weight is 302 g/mol. The van der Waals surface area contributed by atoms with Crippen molar-refractivity contribution < 1.29 is 9.53 Å². The number of hydrogen-bond donors (Lipinski definition) is 2. The summed E-state index contributed by atoms with van der Waals surface area (Å²) >= 11 is 3.34. The molecular weight excluding hydrogens is 286 g/mol. The Labute approximate surface area is 109 Å². The molecule has 0 radical (unpaired) electrons. The molecule has 0 saturated carbocycles. The average Bonchev–Trinajstić information content (AvgIpc) is 2.26. The number of nitrogens with one attached hydrogen (secondary N) is 1. The summed E-state index contributed by atoms with van der Waals surface area (Å²) in [4.78, 5) is 15.7. The van der Waals surface area contributed by atoms with Crippen LogP contribution in [0.5, 0.6) is 0 Å². The largest absolute Gasteiger partial charge is 0.467 e. The Morgan fingerprint density at radius 3 is 2.71 bits per heavy atom. The highest BCUT2D eigenvalue weighted by atomic mass is 79.9. The van der Waals surface area contributed by atoms with Crippen LogP contribution in [0.25, 0.3) is 0 Å². The van der Waals surface area contributed by atoms with E-state index < -0.39 is 6.04 Å². The molecule has 94 valence electrons. The van der Waals surface area contributed by atoms with E-state index >= 15 is 0 Å². The maximum Gasteiger partial charge on any atom is 0.328 e. The number of methoxy groups -OCH3 is 1. The molecule has 0 fully saturated rings. The van der Waals surface area contributed by atoms with Gasteiger partial charge in [-0.05, 0) is 27.9 Å². The van der Waals surface area contributed by atoms with E-state index in [0.29, 0.717) is 16.0 Å². The predicted octanol–water partition coefficient (Wildman–Crippen LogP) is 2.04. The molecule has 0 aromatic carbocycles. The normalized spacial score (nSPS) is 12.3. The van der Waals surface area contributed by atoms with Crippen LogP contribution >= 0.6 is 15.9 Å². The number of hydrogen-bond acceptors (Lipinski definition) is 5. The SMILES string of the molecule is COC(=O)C(Nc1ncc(N)cc1Br)C(C)C. The van der Waals surface area contributed by atoms with Crippen molar-refractivity contribution >= 4 is 33.4 Å². The lowest BCUT2D eigenvalue weighted by atomic mass is 10.0. The smallest absolute Gasteiger partial charge is 0.328 e. The maximum atomic E-state index is 11.6. The number of anilines is 2. The van der Waals surface area contributed by atoms with Crippen molar-refractivity contribution in [2.24, 2.45) is 5.92 Å². The van der Waals surface area contributed by atoms with Gasteiger partial charge in [0, 0.05) is 0 Å². The summed E-state index contributed by atoms with van der Waals surface area (Å²) in [6.07, 6.45) is 1.53. The summed E-state index contributed by atoms with van der Waals surface area (Å²) in [7, 11) is 1.37. The quantitative estimate of drug-likeness (QED) is 0.832. The van der Waals surface area contributed by atoms with Gasteiger partial charge < -0.3 is 15.8 Å². The molecule has 0 aliphatic heterocycles. The third-order valence-corrected chi connectivity index (χ3v) is 2.88. The van der Waals surface area contributed by atoms with Gasteiger partial charge in [0.05, 0.1) is 23.5 Å². The van der Waals surface area contributed by atoms with Crippen LogP contribution in [-0.4, -0.2) is 24.1 Å². The van der Waals surface area contributed by atoms with Crippen molar-refractivity contribution in [2.45, 2.75) is 19.9 Å². The second kappa shape index (κ2) is 5.86. The number of nitrogens with zero attached hydrogens (tertiary/aromatic N) is 1. The highest BCUT2D eigenvalue weighted by Gasteiger charge is 2.23. The molecule has 1 aromatic rings. The number of carbonyl (C=O) groups is 1. The van der Waals surface area contributed by atoms with Crippen LogP contribution in [0, 0.1) is 5.92 Å². The van der Waals surface area contributed by atoms with E-state index in [9.17, 15) is 4.79 Å². The highest BCUT2D eigenvalue weighted by Crippen LogP contribution is 2.23. The fourth-order valence-corrected chi connectivity index (χ4v) is 1.81. The Morgan fingerprint density at radius 2 is 2.24 bits per heavy atom. The van der Waals surface area contributed by atoms with E-state index in [-0.39, 0.29) is 11.9 Å². The standard InChI is InChI=1S/C11H16BrN3O2/c1-6(2)9(11(16)17-3)15-10-8(12)4-7(13)5-14-10/h4-6,9H,13H2,1-3H3,(H,14,15). The maximum absolute atomic E-state index is 11.6. The van der Waals surface area contributed by atoms with Crippen LogP contribution in [0.15, 0.2) is 16.7 Å². The zero-order valence-corrected chi connectivity index (χ0v) is 11.6. The van der Waals surface area contributed by atoms with Crippen LogP contribution in [0.4, 0.5) is 11.5 Å². The van der Waals surface area contributed by atoms with E-state index in [4.69, 9.17) is 10.5 Å². The first-order valence-corrected chi connectivity index (χ1v) is 6.00. The number of aromatic nitrogens is 1. The van der Waals surface area contributed by atoms with Gasteiger partial charge in [0.2, 0.25) is 0 Å². The Morgan fingerprint density at radius 1 is 1.59 bits per heavy atom. The zero-order chi connectivity index (χ0) is 13.0. The van der Waals surface area contributed by atoms with Crippen LogP contribution in [0.3, 0.4) is 0 Å². The third-order valence-electron chi connectivity index (χ3n) is 2.28. The van der Waals surface area contributed by atoms with Gasteiger partial charge in [-0.1, -0.05) is 13.8 Å². The van der Waals surface area contributed by atoms with E-state index in [2.05, 4.69) is 26.2 Å². The predicted molar refractivity (Wildman–Crippen MR) is 70.6 cm³/mol. The number of carbonyl (C=O) groups excluding carboxylic acids is 1. The summed E-state index contributed by atoms with van der Waals surface area (Å²) in [6, 6.07) is 1.29. The minimum atomic E-state index is -0.438. The summed E-state index contributed by atoms with van der Waals surface area (Å²) in [5.41, 5.74) is 6.15. The lowest BCUT2D eigenvalue weighted by molar-refractivity contribution is -0.142. The van der Waals surface area contributed by atoms with Crippen molar-refractivity contribution in [1.82, 2.24) is 4.98 Å². The van der Waals surface area contributed by atoms with Crippen molar-refractivity contribution in [3.63, 3.8) is 0 Å². The number of esters is 1. The summed E-state index contributed by atoms with van der Waals surface area (Å²) in [6.45, 7) is 3.86. The van der Waals surface area contributed by atoms with Gasteiger partial charge in [-0.25, -0.2) is 9.78 Å². The Kier molecular flexibility index (Phi) is 4.74. The Hall–Kier alpha value is -1.30. The molecule has 1 rings (SSSR count). The first-order valence-electron chi connectivity index (χ1n) is 5.21. The van der Waals surface area contributed by atoms with E-state index in [1.54, 1.807) is 6.07 Å². The number of nitrogen functional groups attached to an aromatic ring is 1. The molecule has 3 N–H and O–H groups in total. The Bertz CT molecular complexity index is 410. The Balaban J connectivity index is 2.90. The second-order valence-corrected chi connectivity index (χ2v) is 4.84. The molecule has 0 aliphatic rings. The summed E-state index contributed by atoms with van der Waals surface area (Å²) < 4.78 is 5.46. The molecule has 1 unspecified atom stereocenters. The number of halogens is 1. The van der Waals surface area contributed by atoms with E-state index in [0.717, 1.165) is 0 Å². The molecule has 1 heterocycles. The molecule has 0 bridgehead atoms. The van der Waals surface area contributed by atoms with Gasteiger partial charge in [0.25, 0.3) is 0 Å². The fourth-order valence-electron chi connectivity index (χ4n) is 1.33. The summed E-state index contributed by atoms with van der Waals surface area (Å²) in [5, 5.41) is 3.04. The van der Waals surface area contributed by atoms with Crippen molar-refractivity contribution in [3.8, 4) is 0 Å². The van der Waals surface area contributed by atoms with Crippen LogP contribution in [0.2, 0.25) is 0 Å². The fraction of sp³-hybridized carbons (Fsp3) is 0.455.